The second-order valence-corrected chi connectivity index (χ2v) is 4.85. The van der Waals surface area contributed by atoms with Gasteiger partial charge in [0, 0.05) is 0 Å². The highest BCUT2D eigenvalue weighted by Gasteiger charge is 2.09. The van der Waals surface area contributed by atoms with Gasteiger partial charge in [-0.3, -0.25) is 4.57 Å². The molecular formula is C3H13NO7P2. The lowest BCUT2D eigenvalue weighted by Crippen LogP contribution is -2.01. The van der Waals surface area contributed by atoms with E-state index in [4.69, 9.17) is 34.8 Å². The third-order valence-electron chi connectivity index (χ3n) is 0.654. The molecule has 8 nitrogen and oxygen atoms in total. The standard InChI is InChI=1S/C3H10NO3P.H3O4P/c4-2-1-3-8(5,6)7;1-5(2,3)4/h1-4H2,(H2,5,6,7);(H3,1,2,3,4). The van der Waals surface area contributed by atoms with Crippen molar-refractivity contribution in [2.45, 2.75) is 6.42 Å². The predicted octanol–water partition coefficient (Wildman–Crippen LogP) is -1.42. The van der Waals surface area contributed by atoms with Gasteiger partial charge in [0.1, 0.15) is 0 Å². The summed E-state index contributed by atoms with van der Waals surface area (Å²) in [5.74, 6) is 0. The van der Waals surface area contributed by atoms with E-state index >= 15 is 0 Å². The Bertz CT molecular complexity index is 198. The highest BCUT2D eigenvalue weighted by Crippen LogP contribution is 2.34. The first-order valence-electron chi connectivity index (χ1n) is 3.09. The molecule has 82 valence electrons. The Morgan fingerprint density at radius 1 is 1.00 bits per heavy atom. The first-order chi connectivity index (χ1) is 5.56. The van der Waals surface area contributed by atoms with Crippen LogP contribution in [0.15, 0.2) is 0 Å². The van der Waals surface area contributed by atoms with Crippen LogP contribution < -0.4 is 5.73 Å². The van der Waals surface area contributed by atoms with Gasteiger partial charge >= 0.3 is 15.4 Å². The van der Waals surface area contributed by atoms with E-state index in [-0.39, 0.29) is 6.16 Å². The van der Waals surface area contributed by atoms with Gasteiger partial charge in [0.05, 0.1) is 6.16 Å². The maximum Gasteiger partial charge on any atom is 0.466 e. The lowest BCUT2D eigenvalue weighted by Gasteiger charge is -1.98. The molecule has 0 saturated carbocycles. The van der Waals surface area contributed by atoms with Crippen LogP contribution in [0.3, 0.4) is 0 Å². The molecule has 0 rings (SSSR count). The maximum atomic E-state index is 10.0. The van der Waals surface area contributed by atoms with Gasteiger partial charge < -0.3 is 30.2 Å². The number of rotatable bonds is 3. The summed E-state index contributed by atoms with van der Waals surface area (Å²) in [7, 11) is -8.40. The summed E-state index contributed by atoms with van der Waals surface area (Å²) in [6.07, 6.45) is 0.299. The van der Waals surface area contributed by atoms with E-state index in [1.165, 1.54) is 0 Å². The van der Waals surface area contributed by atoms with Crippen LogP contribution in [0.25, 0.3) is 0 Å². The first kappa shape index (κ1) is 15.7. The van der Waals surface area contributed by atoms with Gasteiger partial charge in [-0.15, -0.1) is 0 Å². The van der Waals surface area contributed by atoms with Crippen LogP contribution in [0.1, 0.15) is 6.42 Å². The zero-order chi connectivity index (χ0) is 11.1. The number of hydrogen-bond acceptors (Lipinski definition) is 3. The highest BCUT2D eigenvalue weighted by atomic mass is 31.2. The Morgan fingerprint density at radius 2 is 1.31 bits per heavy atom. The Hall–Kier alpha value is 0.220. The van der Waals surface area contributed by atoms with E-state index in [0.29, 0.717) is 13.0 Å². The molecule has 0 spiro atoms. The lowest BCUT2D eigenvalue weighted by molar-refractivity contribution is 0.275. The lowest BCUT2D eigenvalue weighted by atomic mass is 10.5. The third-order valence-corrected chi connectivity index (χ3v) is 1.55. The van der Waals surface area contributed by atoms with Crippen LogP contribution in [0.5, 0.6) is 0 Å². The second kappa shape index (κ2) is 6.64. The van der Waals surface area contributed by atoms with Crippen LogP contribution in [0.2, 0.25) is 0 Å². The summed E-state index contributed by atoms with van der Waals surface area (Å²) in [4.78, 5) is 38.0. The fourth-order valence-corrected chi connectivity index (χ4v) is 0.892. The molecule has 0 saturated heterocycles. The molecule has 0 aliphatic heterocycles. The number of nitrogens with two attached hydrogens (primary N) is 1. The smallest absolute Gasteiger partial charge is 0.330 e. The van der Waals surface area contributed by atoms with Gasteiger partial charge in [0.15, 0.2) is 0 Å². The Balaban J connectivity index is 0. The largest absolute Gasteiger partial charge is 0.466 e. The summed E-state index contributed by atoms with van der Waals surface area (Å²) >= 11 is 0. The average Bonchev–Trinajstić information content (AvgIpc) is 1.77. The molecule has 13 heavy (non-hydrogen) atoms. The molecule has 0 aromatic rings. The summed E-state index contributed by atoms with van der Waals surface area (Å²) in [5.41, 5.74) is 4.99. The summed E-state index contributed by atoms with van der Waals surface area (Å²) < 4.78 is 18.9. The second-order valence-electron chi connectivity index (χ2n) is 2.04. The average molecular weight is 237 g/mol. The zero-order valence-electron chi connectivity index (χ0n) is 6.65. The molecule has 0 bridgehead atoms. The van der Waals surface area contributed by atoms with Crippen molar-refractivity contribution in [3.63, 3.8) is 0 Å². The van der Waals surface area contributed by atoms with Crippen LogP contribution >= 0.6 is 15.4 Å². The molecule has 0 heterocycles. The van der Waals surface area contributed by atoms with E-state index in [1.54, 1.807) is 0 Å². The quantitative estimate of drug-likeness (QED) is 0.326. The minimum absolute atomic E-state index is 0.0938. The molecule has 0 atom stereocenters. The van der Waals surface area contributed by atoms with Crippen molar-refractivity contribution in [1.29, 1.82) is 0 Å². The zero-order valence-corrected chi connectivity index (χ0v) is 8.43. The number of hydrogen-bond donors (Lipinski definition) is 6. The van der Waals surface area contributed by atoms with E-state index in [1.807, 2.05) is 0 Å². The molecule has 0 amide bonds. The Morgan fingerprint density at radius 3 is 1.38 bits per heavy atom. The van der Waals surface area contributed by atoms with E-state index in [9.17, 15) is 4.57 Å². The number of phosphoric acid groups is 1. The fraction of sp³-hybridized carbons (Fsp3) is 1.00. The highest BCUT2D eigenvalue weighted by molar-refractivity contribution is 7.51. The minimum atomic E-state index is -4.64. The maximum absolute atomic E-state index is 10.0. The molecule has 0 aromatic heterocycles. The summed E-state index contributed by atoms with van der Waals surface area (Å²) in [6.45, 7) is 0.338. The van der Waals surface area contributed by atoms with Gasteiger partial charge in [-0.25, -0.2) is 4.57 Å². The van der Waals surface area contributed by atoms with Crippen LogP contribution in [-0.2, 0) is 9.13 Å². The summed E-state index contributed by atoms with van der Waals surface area (Å²) in [5, 5.41) is 0. The molecule has 0 unspecified atom stereocenters. The van der Waals surface area contributed by atoms with Crippen molar-refractivity contribution < 1.29 is 33.6 Å². The van der Waals surface area contributed by atoms with Crippen LogP contribution in [0.4, 0.5) is 0 Å². The monoisotopic (exact) mass is 237 g/mol. The summed E-state index contributed by atoms with van der Waals surface area (Å²) in [6, 6.07) is 0. The van der Waals surface area contributed by atoms with Gasteiger partial charge in [0.25, 0.3) is 0 Å². The Kier molecular flexibility index (Phi) is 8.01. The molecule has 0 aromatic carbocycles. The minimum Gasteiger partial charge on any atom is -0.330 e. The van der Waals surface area contributed by atoms with Gasteiger partial charge in [0.2, 0.25) is 0 Å². The molecule has 0 aliphatic rings. The van der Waals surface area contributed by atoms with Gasteiger partial charge in [-0.05, 0) is 13.0 Å². The van der Waals surface area contributed by atoms with Crippen LogP contribution in [-0.4, -0.2) is 37.2 Å². The molecule has 0 aliphatic carbocycles. The SMILES string of the molecule is NCCCP(=O)(O)O.O=P(O)(O)O. The first-order valence-corrected chi connectivity index (χ1v) is 6.45. The molecule has 7 N–H and O–H groups in total. The van der Waals surface area contributed by atoms with Crippen molar-refractivity contribution in [3.8, 4) is 0 Å². The molecule has 0 radical (unpaired) electrons. The van der Waals surface area contributed by atoms with Crippen molar-refractivity contribution >= 4 is 15.4 Å². The van der Waals surface area contributed by atoms with Crippen molar-refractivity contribution in [2.24, 2.45) is 5.73 Å². The topological polar surface area (TPSA) is 161 Å². The van der Waals surface area contributed by atoms with Gasteiger partial charge in [-0.1, -0.05) is 0 Å². The van der Waals surface area contributed by atoms with Crippen molar-refractivity contribution in [2.75, 3.05) is 12.7 Å². The molecular weight excluding hydrogens is 224 g/mol. The predicted molar refractivity (Wildman–Crippen MR) is 44.8 cm³/mol. The van der Waals surface area contributed by atoms with Crippen molar-refractivity contribution in [1.82, 2.24) is 0 Å². The van der Waals surface area contributed by atoms with Crippen LogP contribution in [0, 0.1) is 0 Å². The third kappa shape index (κ3) is 46.8. The fourth-order valence-electron chi connectivity index (χ4n) is 0.297. The van der Waals surface area contributed by atoms with E-state index in [2.05, 4.69) is 0 Å². The van der Waals surface area contributed by atoms with Gasteiger partial charge in [-0.2, -0.15) is 0 Å². The van der Waals surface area contributed by atoms with Crippen molar-refractivity contribution in [3.05, 3.63) is 0 Å². The van der Waals surface area contributed by atoms with E-state index < -0.39 is 15.4 Å². The van der Waals surface area contributed by atoms with E-state index in [0.717, 1.165) is 0 Å². The molecule has 0 fully saturated rings. The normalized spacial score (nSPS) is 11.8. The Labute approximate surface area is 74.8 Å². The molecule has 10 heteroatoms.